The molecule has 3 rings (SSSR count). The van der Waals surface area contributed by atoms with E-state index in [0.29, 0.717) is 17.7 Å². The Balaban J connectivity index is 1.88. The molecule has 0 spiro atoms. The standard InChI is InChI=1S/C23H36N4O/c1-5-14-26(15-6-2)19-12-13-21-20(16-19)22(23(28)25(3)4)24-27(21)17-18-10-8-7-9-11-18/h5-6,18-19H,1-2,7-17H2,3-4H3. The summed E-state index contributed by atoms with van der Waals surface area (Å²) in [6, 6.07) is 0.407. The van der Waals surface area contributed by atoms with Crippen LogP contribution in [0.5, 0.6) is 0 Å². The van der Waals surface area contributed by atoms with E-state index in [1.807, 2.05) is 26.2 Å². The lowest BCUT2D eigenvalue weighted by atomic mass is 9.88. The lowest BCUT2D eigenvalue weighted by Crippen LogP contribution is -2.40. The zero-order chi connectivity index (χ0) is 20.1. The Morgan fingerprint density at radius 1 is 1.14 bits per heavy atom. The molecule has 0 aliphatic heterocycles. The molecule has 1 atom stereocenters. The minimum Gasteiger partial charge on any atom is -0.343 e. The molecule has 1 heterocycles. The highest BCUT2D eigenvalue weighted by molar-refractivity contribution is 5.93. The van der Waals surface area contributed by atoms with E-state index in [2.05, 4.69) is 22.7 Å². The van der Waals surface area contributed by atoms with Crippen molar-refractivity contribution in [2.45, 2.75) is 64.0 Å². The van der Waals surface area contributed by atoms with E-state index >= 15 is 0 Å². The van der Waals surface area contributed by atoms with Crippen molar-refractivity contribution in [3.05, 3.63) is 42.3 Å². The van der Waals surface area contributed by atoms with Gasteiger partial charge in [-0.3, -0.25) is 14.4 Å². The van der Waals surface area contributed by atoms with Crippen LogP contribution in [-0.2, 0) is 19.4 Å². The number of rotatable bonds is 8. The molecule has 2 aliphatic carbocycles. The van der Waals surface area contributed by atoms with Crippen LogP contribution in [0.3, 0.4) is 0 Å². The van der Waals surface area contributed by atoms with Gasteiger partial charge in [0.2, 0.25) is 0 Å². The van der Waals surface area contributed by atoms with E-state index in [4.69, 9.17) is 5.10 Å². The highest BCUT2D eigenvalue weighted by Crippen LogP contribution is 2.31. The average molecular weight is 385 g/mol. The van der Waals surface area contributed by atoms with Crippen molar-refractivity contribution < 1.29 is 4.79 Å². The summed E-state index contributed by atoms with van der Waals surface area (Å²) in [5.41, 5.74) is 3.13. The van der Waals surface area contributed by atoms with Gasteiger partial charge in [0.05, 0.1) is 0 Å². The van der Waals surface area contributed by atoms with Crippen molar-refractivity contribution in [2.24, 2.45) is 5.92 Å². The van der Waals surface area contributed by atoms with Crippen molar-refractivity contribution in [2.75, 3.05) is 27.2 Å². The second-order valence-electron chi connectivity index (χ2n) is 8.59. The topological polar surface area (TPSA) is 41.4 Å². The number of hydrogen-bond acceptors (Lipinski definition) is 3. The molecule has 0 bridgehead atoms. The molecule has 1 aromatic heterocycles. The lowest BCUT2D eigenvalue weighted by molar-refractivity contribution is 0.0819. The Morgan fingerprint density at radius 3 is 2.43 bits per heavy atom. The third kappa shape index (κ3) is 4.57. The predicted molar refractivity (Wildman–Crippen MR) is 115 cm³/mol. The van der Waals surface area contributed by atoms with E-state index in [9.17, 15) is 4.79 Å². The van der Waals surface area contributed by atoms with E-state index in [1.165, 1.54) is 43.4 Å². The fourth-order valence-corrected chi connectivity index (χ4v) is 4.83. The maximum absolute atomic E-state index is 12.9. The predicted octanol–water partition coefficient (Wildman–Crippen LogP) is 3.70. The number of nitrogens with zero attached hydrogens (tertiary/aromatic N) is 4. The van der Waals surface area contributed by atoms with Crippen molar-refractivity contribution in [3.8, 4) is 0 Å². The first kappa shape index (κ1) is 20.8. The van der Waals surface area contributed by atoms with Gasteiger partial charge in [0.15, 0.2) is 5.69 Å². The first-order valence-corrected chi connectivity index (χ1v) is 10.8. The number of amides is 1. The molecule has 0 aromatic carbocycles. The van der Waals surface area contributed by atoms with Gasteiger partial charge in [-0.05, 0) is 38.0 Å². The molecular formula is C23H36N4O. The van der Waals surface area contributed by atoms with Crippen LogP contribution in [0.25, 0.3) is 0 Å². The fourth-order valence-electron chi connectivity index (χ4n) is 4.83. The van der Waals surface area contributed by atoms with Crippen LogP contribution < -0.4 is 0 Å². The fraction of sp³-hybridized carbons (Fsp3) is 0.652. The maximum Gasteiger partial charge on any atom is 0.274 e. The van der Waals surface area contributed by atoms with Crippen LogP contribution in [0.1, 0.15) is 60.3 Å². The summed E-state index contributed by atoms with van der Waals surface area (Å²) in [6.07, 6.45) is 13.5. The number of carbonyl (C=O) groups is 1. The molecular weight excluding hydrogens is 348 g/mol. The SMILES string of the molecule is C=CCN(CC=C)C1CCc2c(c(C(=O)N(C)C)nn2CC2CCCCC2)C1. The second-order valence-corrected chi connectivity index (χ2v) is 8.59. The smallest absolute Gasteiger partial charge is 0.274 e. The molecule has 1 fully saturated rings. The van der Waals surface area contributed by atoms with Gasteiger partial charge in [0.25, 0.3) is 5.91 Å². The van der Waals surface area contributed by atoms with Crippen molar-refractivity contribution >= 4 is 5.91 Å². The average Bonchev–Trinajstić information content (AvgIpc) is 3.05. The van der Waals surface area contributed by atoms with Gasteiger partial charge in [0.1, 0.15) is 0 Å². The van der Waals surface area contributed by atoms with Gasteiger partial charge in [-0.2, -0.15) is 5.10 Å². The van der Waals surface area contributed by atoms with Gasteiger partial charge in [-0.15, -0.1) is 13.2 Å². The molecule has 2 aliphatic rings. The molecule has 154 valence electrons. The lowest BCUT2D eigenvalue weighted by Gasteiger charge is -2.33. The first-order valence-electron chi connectivity index (χ1n) is 10.8. The Labute approximate surface area is 170 Å². The summed E-state index contributed by atoms with van der Waals surface area (Å²) in [6.45, 7) is 10.5. The molecule has 28 heavy (non-hydrogen) atoms. The van der Waals surface area contributed by atoms with Crippen molar-refractivity contribution in [3.63, 3.8) is 0 Å². The van der Waals surface area contributed by atoms with Gasteiger partial charge in [-0.25, -0.2) is 0 Å². The van der Waals surface area contributed by atoms with Crippen LogP contribution in [0.2, 0.25) is 0 Å². The summed E-state index contributed by atoms with van der Waals surface area (Å²) < 4.78 is 2.18. The third-order valence-electron chi connectivity index (χ3n) is 6.33. The van der Waals surface area contributed by atoms with Gasteiger partial charge < -0.3 is 4.90 Å². The second kappa shape index (κ2) is 9.55. The van der Waals surface area contributed by atoms with Crippen LogP contribution >= 0.6 is 0 Å². The molecule has 5 heteroatoms. The Morgan fingerprint density at radius 2 is 1.82 bits per heavy atom. The quantitative estimate of drug-likeness (QED) is 0.642. The van der Waals surface area contributed by atoms with Crippen LogP contribution in [0.4, 0.5) is 0 Å². The monoisotopic (exact) mass is 384 g/mol. The minimum atomic E-state index is 0.0262. The summed E-state index contributed by atoms with van der Waals surface area (Å²) in [7, 11) is 3.63. The molecule has 0 N–H and O–H groups in total. The third-order valence-corrected chi connectivity index (χ3v) is 6.33. The van der Waals surface area contributed by atoms with Crippen molar-refractivity contribution in [1.82, 2.24) is 19.6 Å². The number of carbonyl (C=O) groups excluding carboxylic acids is 1. The number of aromatic nitrogens is 2. The van der Waals surface area contributed by atoms with Gasteiger partial charge >= 0.3 is 0 Å². The Hall–Kier alpha value is -1.88. The zero-order valence-corrected chi connectivity index (χ0v) is 17.7. The zero-order valence-electron chi connectivity index (χ0n) is 17.7. The van der Waals surface area contributed by atoms with Gasteiger partial charge in [-0.1, -0.05) is 31.4 Å². The molecule has 5 nitrogen and oxygen atoms in total. The summed E-state index contributed by atoms with van der Waals surface area (Å²) in [4.78, 5) is 16.9. The van der Waals surface area contributed by atoms with E-state index in [1.54, 1.807) is 4.90 Å². The van der Waals surface area contributed by atoms with Crippen LogP contribution in [0.15, 0.2) is 25.3 Å². The highest BCUT2D eigenvalue weighted by atomic mass is 16.2. The largest absolute Gasteiger partial charge is 0.343 e. The number of fused-ring (bicyclic) bond motifs is 1. The molecule has 1 amide bonds. The van der Waals surface area contributed by atoms with E-state index in [0.717, 1.165) is 38.9 Å². The molecule has 1 aromatic rings. The maximum atomic E-state index is 12.9. The van der Waals surface area contributed by atoms with E-state index in [-0.39, 0.29) is 5.91 Å². The summed E-state index contributed by atoms with van der Waals surface area (Å²) in [5, 5.41) is 4.86. The normalized spacial score (nSPS) is 20.0. The minimum absolute atomic E-state index is 0.0262. The Bertz CT molecular complexity index is 690. The first-order chi connectivity index (χ1) is 13.5. The van der Waals surface area contributed by atoms with Crippen molar-refractivity contribution in [1.29, 1.82) is 0 Å². The summed E-state index contributed by atoms with van der Waals surface area (Å²) >= 11 is 0. The molecule has 0 saturated heterocycles. The van der Waals surface area contributed by atoms with Crippen LogP contribution in [0, 0.1) is 5.92 Å². The molecule has 0 radical (unpaired) electrons. The molecule has 1 saturated carbocycles. The Kier molecular flexibility index (Phi) is 7.11. The number of hydrogen-bond donors (Lipinski definition) is 0. The van der Waals surface area contributed by atoms with Gasteiger partial charge in [0, 0.05) is 51.0 Å². The summed E-state index contributed by atoms with van der Waals surface area (Å²) in [5.74, 6) is 0.731. The van der Waals surface area contributed by atoms with E-state index < -0.39 is 0 Å². The highest BCUT2D eigenvalue weighted by Gasteiger charge is 2.32. The molecule has 1 unspecified atom stereocenters. The van der Waals surface area contributed by atoms with Crippen LogP contribution in [-0.4, -0.2) is 58.7 Å².